The molecule has 4 aliphatic carbocycles. The predicted octanol–water partition coefficient (Wildman–Crippen LogP) is 7.20. The molecule has 3 nitrogen and oxygen atoms in total. The first kappa shape index (κ1) is 24.8. The molecule has 1 N–H and O–H groups in total. The average molecular weight is 483 g/mol. The highest BCUT2D eigenvalue weighted by Gasteiger charge is 2.62. The van der Waals surface area contributed by atoms with Gasteiger partial charge in [-0.05, 0) is 118 Å². The zero-order valence-corrected chi connectivity index (χ0v) is 22.1. The van der Waals surface area contributed by atoms with Crippen molar-refractivity contribution in [2.75, 3.05) is 0 Å². The van der Waals surface area contributed by atoms with E-state index in [0.717, 1.165) is 50.0 Å². The summed E-state index contributed by atoms with van der Waals surface area (Å²) in [7, 11) is 0. The monoisotopic (exact) mass is 482 g/mol. The maximum Gasteiger partial charge on any atom is 0.156 e. The Hall–Kier alpha value is -2.83. The average Bonchev–Trinajstić information content (AvgIpc) is 3.13. The molecule has 0 spiro atoms. The van der Waals surface area contributed by atoms with Gasteiger partial charge in [0.2, 0.25) is 0 Å². The fourth-order valence-corrected chi connectivity index (χ4v) is 7.63. The second-order valence-corrected chi connectivity index (χ2v) is 11.1. The third-order valence-corrected chi connectivity index (χ3v) is 9.35. The van der Waals surface area contributed by atoms with E-state index in [1.54, 1.807) is 0 Å². The molecule has 2 saturated carbocycles. The van der Waals surface area contributed by atoms with E-state index in [2.05, 4.69) is 43.0 Å². The molecular formula is C33H38O3. The minimum atomic E-state index is -0.949. The molecule has 4 aliphatic rings. The maximum atomic E-state index is 12.2. The summed E-state index contributed by atoms with van der Waals surface area (Å²) in [5.41, 5.74) is 4.28. The molecule has 1 aromatic rings. The zero-order valence-electron chi connectivity index (χ0n) is 22.1. The molecule has 3 heteroatoms. The minimum absolute atomic E-state index is 0.206. The fourth-order valence-electron chi connectivity index (χ4n) is 7.63. The Bertz CT molecular complexity index is 1230. The van der Waals surface area contributed by atoms with Crippen LogP contribution in [0.2, 0.25) is 0 Å². The van der Waals surface area contributed by atoms with Crippen LogP contribution in [-0.4, -0.2) is 16.5 Å². The molecule has 188 valence electrons. The number of ketones is 1. The first-order valence-electron chi connectivity index (χ1n) is 13.5. The van der Waals surface area contributed by atoms with Crippen molar-refractivity contribution in [3.63, 3.8) is 0 Å². The van der Waals surface area contributed by atoms with Crippen molar-refractivity contribution in [1.29, 1.82) is 0 Å². The second-order valence-electron chi connectivity index (χ2n) is 11.1. The van der Waals surface area contributed by atoms with Crippen LogP contribution in [0.25, 0.3) is 0 Å². The Kier molecular flexibility index (Phi) is 6.60. The van der Waals surface area contributed by atoms with Crippen molar-refractivity contribution in [2.24, 2.45) is 17.3 Å². The third-order valence-electron chi connectivity index (χ3n) is 9.35. The van der Waals surface area contributed by atoms with Gasteiger partial charge in [-0.3, -0.25) is 4.79 Å². The molecule has 0 aliphatic heterocycles. The number of benzene rings is 1. The number of carbonyl (C=O) groups is 1. The van der Waals surface area contributed by atoms with Gasteiger partial charge >= 0.3 is 0 Å². The molecule has 0 amide bonds. The van der Waals surface area contributed by atoms with E-state index in [0.29, 0.717) is 18.3 Å². The van der Waals surface area contributed by atoms with E-state index in [-0.39, 0.29) is 17.1 Å². The van der Waals surface area contributed by atoms with Crippen molar-refractivity contribution in [2.45, 2.75) is 84.2 Å². The Labute approximate surface area is 216 Å². The molecule has 5 atom stereocenters. The lowest BCUT2D eigenvalue weighted by Gasteiger charge is -2.53. The molecule has 0 heterocycles. The number of allylic oxidation sites excluding steroid dienone is 7. The number of aliphatic hydroxyl groups is 1. The van der Waals surface area contributed by atoms with Gasteiger partial charge in [-0.1, -0.05) is 36.6 Å². The lowest BCUT2D eigenvalue weighted by molar-refractivity contribution is -0.114. The summed E-state index contributed by atoms with van der Waals surface area (Å²) in [6.07, 6.45) is 13.9. The Morgan fingerprint density at radius 2 is 1.92 bits per heavy atom. The standard InChI is InChI=1S/C33H38O3/c1-5-8-25(7-3)36-26-13-9-22(10-14-26)29-21-32(4)30(17-19-33(32,35)18-6-2)28-15-11-23-20-24(34)12-16-27(23)31(28)29/h5,7-10,13-14,20,28-30,35H,11-12,15-17,19,21H2,1-4H3/b8-5-,25-7+. The van der Waals surface area contributed by atoms with Crippen LogP contribution in [0, 0.1) is 29.1 Å². The number of ether oxygens (including phenoxy) is 1. The Balaban J connectivity index is 1.59. The summed E-state index contributed by atoms with van der Waals surface area (Å²) in [6.45, 7) is 8.08. The lowest BCUT2D eigenvalue weighted by atomic mass is 9.51. The van der Waals surface area contributed by atoms with Crippen LogP contribution in [0.4, 0.5) is 0 Å². The van der Waals surface area contributed by atoms with Crippen LogP contribution in [0.5, 0.6) is 5.75 Å². The van der Waals surface area contributed by atoms with Gasteiger partial charge in [-0.2, -0.15) is 0 Å². The van der Waals surface area contributed by atoms with E-state index in [9.17, 15) is 9.90 Å². The SMILES string of the molecule is CC#CC1(O)CCC2C3CCC4=CC(=O)CCC4=C3C(c3ccc(OC(/C=C\C)=C/C)cc3)CC21C. The Morgan fingerprint density at radius 3 is 2.61 bits per heavy atom. The molecular weight excluding hydrogens is 444 g/mol. The molecule has 0 bridgehead atoms. The summed E-state index contributed by atoms with van der Waals surface area (Å²) < 4.78 is 6.06. The molecule has 36 heavy (non-hydrogen) atoms. The third kappa shape index (κ3) is 4.00. The van der Waals surface area contributed by atoms with Crippen LogP contribution in [0.15, 0.2) is 71.0 Å². The summed E-state index contributed by atoms with van der Waals surface area (Å²) >= 11 is 0. The highest BCUT2D eigenvalue weighted by molar-refractivity contribution is 5.93. The van der Waals surface area contributed by atoms with Crippen molar-refractivity contribution >= 4 is 5.78 Å². The van der Waals surface area contributed by atoms with Crippen LogP contribution in [0.3, 0.4) is 0 Å². The quantitative estimate of drug-likeness (QED) is 0.280. The van der Waals surface area contributed by atoms with Gasteiger partial charge in [0.25, 0.3) is 0 Å². The van der Waals surface area contributed by atoms with Gasteiger partial charge in [0, 0.05) is 17.8 Å². The van der Waals surface area contributed by atoms with E-state index >= 15 is 0 Å². The first-order valence-corrected chi connectivity index (χ1v) is 13.5. The van der Waals surface area contributed by atoms with Gasteiger partial charge in [-0.25, -0.2) is 0 Å². The molecule has 1 aromatic carbocycles. The molecule has 0 radical (unpaired) electrons. The van der Waals surface area contributed by atoms with Gasteiger partial charge in [0.15, 0.2) is 5.78 Å². The van der Waals surface area contributed by atoms with Gasteiger partial charge in [0.05, 0.1) is 0 Å². The van der Waals surface area contributed by atoms with E-state index in [4.69, 9.17) is 4.74 Å². The van der Waals surface area contributed by atoms with Gasteiger partial charge in [-0.15, -0.1) is 5.92 Å². The number of rotatable bonds is 4. The highest BCUT2D eigenvalue weighted by atomic mass is 16.5. The van der Waals surface area contributed by atoms with Crippen LogP contribution >= 0.6 is 0 Å². The summed E-state index contributed by atoms with van der Waals surface area (Å²) in [5, 5.41) is 11.8. The topological polar surface area (TPSA) is 46.5 Å². The van der Waals surface area contributed by atoms with Crippen LogP contribution < -0.4 is 4.74 Å². The molecule has 2 fully saturated rings. The van der Waals surface area contributed by atoms with E-state index < -0.39 is 5.60 Å². The van der Waals surface area contributed by atoms with Gasteiger partial charge in [0.1, 0.15) is 17.1 Å². The fraction of sp³-hybridized carbons (Fsp3) is 0.485. The molecule has 0 saturated heterocycles. The van der Waals surface area contributed by atoms with Gasteiger partial charge < -0.3 is 9.84 Å². The van der Waals surface area contributed by atoms with Crippen molar-refractivity contribution in [1.82, 2.24) is 0 Å². The molecule has 5 unspecified atom stereocenters. The van der Waals surface area contributed by atoms with Crippen LogP contribution in [0.1, 0.15) is 84.1 Å². The highest BCUT2D eigenvalue weighted by Crippen LogP contribution is 2.66. The lowest BCUT2D eigenvalue weighted by Crippen LogP contribution is -2.51. The number of hydrogen-bond acceptors (Lipinski definition) is 3. The zero-order chi connectivity index (χ0) is 25.5. The number of carbonyl (C=O) groups excluding carboxylic acids is 1. The van der Waals surface area contributed by atoms with E-state index in [1.165, 1.54) is 22.3 Å². The largest absolute Gasteiger partial charge is 0.458 e. The van der Waals surface area contributed by atoms with Crippen molar-refractivity contribution in [3.8, 4) is 17.6 Å². The smallest absolute Gasteiger partial charge is 0.156 e. The van der Waals surface area contributed by atoms with E-state index in [1.807, 2.05) is 45.1 Å². The predicted molar refractivity (Wildman–Crippen MR) is 144 cm³/mol. The molecule has 5 rings (SSSR count). The van der Waals surface area contributed by atoms with Crippen molar-refractivity contribution < 1.29 is 14.6 Å². The summed E-state index contributed by atoms with van der Waals surface area (Å²) in [5.74, 6) is 9.25. The molecule has 0 aromatic heterocycles. The maximum absolute atomic E-state index is 12.2. The minimum Gasteiger partial charge on any atom is -0.458 e. The summed E-state index contributed by atoms with van der Waals surface area (Å²) in [4.78, 5) is 12.2. The normalized spacial score (nSPS) is 33.9. The van der Waals surface area contributed by atoms with Crippen LogP contribution in [-0.2, 0) is 4.79 Å². The number of fused-ring (bicyclic) bond motifs is 4. The van der Waals surface area contributed by atoms with Crippen molar-refractivity contribution in [3.05, 3.63) is 76.6 Å². The second kappa shape index (κ2) is 9.56. The summed E-state index contributed by atoms with van der Waals surface area (Å²) in [6, 6.07) is 8.52. The Morgan fingerprint density at radius 1 is 1.14 bits per heavy atom. The number of hydrogen-bond donors (Lipinski definition) is 1. The first-order chi connectivity index (χ1) is 17.3.